The van der Waals surface area contributed by atoms with Crippen LogP contribution in [0.1, 0.15) is 36.0 Å². The second-order valence-corrected chi connectivity index (χ2v) is 6.18. The first-order chi connectivity index (χ1) is 12.2. The lowest BCUT2D eigenvalue weighted by atomic mass is 9.78. The Balaban J connectivity index is 2.00. The molecule has 1 aliphatic rings. The average Bonchev–Trinajstić information content (AvgIpc) is 2.59. The molecule has 2 unspecified atom stereocenters. The highest BCUT2D eigenvalue weighted by Crippen LogP contribution is 2.41. The summed E-state index contributed by atoms with van der Waals surface area (Å²) in [6.45, 7) is -0.530. The molecule has 1 aromatic rings. The zero-order chi connectivity index (χ0) is 19.3. The molecule has 1 aromatic carbocycles. The van der Waals surface area contributed by atoms with Crippen molar-refractivity contribution in [3.8, 4) is 0 Å². The van der Waals surface area contributed by atoms with Gasteiger partial charge in [0.1, 0.15) is 6.54 Å². The summed E-state index contributed by atoms with van der Waals surface area (Å²) in [5.41, 5.74) is 0.450. The fourth-order valence-electron chi connectivity index (χ4n) is 3.03. The van der Waals surface area contributed by atoms with Crippen LogP contribution in [0.2, 0.25) is 0 Å². The van der Waals surface area contributed by atoms with Crippen LogP contribution in [0.4, 0.5) is 18.9 Å². The molecule has 0 aromatic heterocycles. The highest BCUT2D eigenvalue weighted by Gasteiger charge is 2.48. The second-order valence-electron chi connectivity index (χ2n) is 6.18. The standard InChI is InChI=1S/C17H19F3N2O4/c18-17(19,20)13-4-2-1-3-12(13)16(26)22-11-7-5-10(6-8-11)15(25)21-9-14(23)24/h5-8,12-13H,1-4,9H2,(H,21,25)(H,22,26)(H,23,24). The Kier molecular flexibility index (Phi) is 6.23. The van der Waals surface area contributed by atoms with Gasteiger partial charge < -0.3 is 15.7 Å². The van der Waals surface area contributed by atoms with E-state index in [1.54, 1.807) is 0 Å². The van der Waals surface area contributed by atoms with E-state index in [0.29, 0.717) is 12.8 Å². The van der Waals surface area contributed by atoms with Crippen molar-refractivity contribution in [1.29, 1.82) is 0 Å². The Labute approximate surface area is 147 Å². The zero-order valence-electron chi connectivity index (χ0n) is 13.8. The third kappa shape index (κ3) is 5.21. The molecule has 26 heavy (non-hydrogen) atoms. The lowest BCUT2D eigenvalue weighted by Crippen LogP contribution is -2.39. The van der Waals surface area contributed by atoms with Gasteiger partial charge in [0.25, 0.3) is 5.91 Å². The molecule has 0 radical (unpaired) electrons. The van der Waals surface area contributed by atoms with Gasteiger partial charge >= 0.3 is 12.1 Å². The molecule has 9 heteroatoms. The number of amides is 2. The highest BCUT2D eigenvalue weighted by atomic mass is 19.4. The van der Waals surface area contributed by atoms with Gasteiger partial charge in [0.2, 0.25) is 5.91 Å². The largest absolute Gasteiger partial charge is 0.480 e. The van der Waals surface area contributed by atoms with E-state index >= 15 is 0 Å². The molecule has 142 valence electrons. The Hall–Kier alpha value is -2.58. The summed E-state index contributed by atoms with van der Waals surface area (Å²) in [5.74, 6) is -5.24. The van der Waals surface area contributed by atoms with Crippen LogP contribution in [0.3, 0.4) is 0 Å². The molecule has 1 aliphatic carbocycles. The van der Waals surface area contributed by atoms with Crippen LogP contribution in [0.25, 0.3) is 0 Å². The summed E-state index contributed by atoms with van der Waals surface area (Å²) in [6, 6.07) is 5.49. The van der Waals surface area contributed by atoms with Crippen LogP contribution in [-0.2, 0) is 9.59 Å². The van der Waals surface area contributed by atoms with Crippen LogP contribution in [0.5, 0.6) is 0 Å². The predicted molar refractivity (Wildman–Crippen MR) is 86.5 cm³/mol. The average molecular weight is 372 g/mol. The smallest absolute Gasteiger partial charge is 0.392 e. The molecule has 6 nitrogen and oxygen atoms in total. The minimum atomic E-state index is -4.41. The van der Waals surface area contributed by atoms with Crippen molar-refractivity contribution in [2.75, 3.05) is 11.9 Å². The summed E-state index contributed by atoms with van der Waals surface area (Å²) in [6.07, 6.45) is -3.24. The topological polar surface area (TPSA) is 95.5 Å². The molecular formula is C17H19F3N2O4. The number of carboxylic acid groups (broad SMARTS) is 1. The van der Waals surface area contributed by atoms with E-state index in [4.69, 9.17) is 5.11 Å². The number of rotatable bonds is 5. The van der Waals surface area contributed by atoms with Crippen molar-refractivity contribution in [3.05, 3.63) is 29.8 Å². The fourth-order valence-corrected chi connectivity index (χ4v) is 3.03. The maximum Gasteiger partial charge on any atom is 0.392 e. The molecule has 0 heterocycles. The van der Waals surface area contributed by atoms with Gasteiger partial charge in [-0.2, -0.15) is 13.2 Å². The maximum absolute atomic E-state index is 13.1. The normalized spacial score (nSPS) is 20.3. The van der Waals surface area contributed by atoms with Crippen LogP contribution < -0.4 is 10.6 Å². The first-order valence-electron chi connectivity index (χ1n) is 8.16. The van der Waals surface area contributed by atoms with Crippen molar-refractivity contribution < 1.29 is 32.7 Å². The van der Waals surface area contributed by atoms with Crippen molar-refractivity contribution in [2.24, 2.45) is 11.8 Å². The number of aliphatic carboxylic acids is 1. The highest BCUT2D eigenvalue weighted by molar-refractivity contribution is 5.97. The molecule has 0 saturated heterocycles. The number of hydrogen-bond acceptors (Lipinski definition) is 3. The SMILES string of the molecule is O=C(O)CNC(=O)c1ccc(NC(=O)C2CCCCC2C(F)(F)F)cc1. The molecule has 0 spiro atoms. The van der Waals surface area contributed by atoms with Crippen molar-refractivity contribution >= 4 is 23.5 Å². The number of hydrogen-bond donors (Lipinski definition) is 3. The molecule has 2 amide bonds. The van der Waals surface area contributed by atoms with Crippen LogP contribution in [-0.4, -0.2) is 35.6 Å². The molecular weight excluding hydrogens is 353 g/mol. The lowest BCUT2D eigenvalue weighted by Gasteiger charge is -2.32. The number of carbonyl (C=O) groups excluding carboxylic acids is 2. The van der Waals surface area contributed by atoms with Gasteiger partial charge in [-0.05, 0) is 37.1 Å². The number of benzene rings is 1. The van der Waals surface area contributed by atoms with Gasteiger partial charge in [0.15, 0.2) is 0 Å². The molecule has 1 fully saturated rings. The fraction of sp³-hybridized carbons (Fsp3) is 0.471. The lowest BCUT2D eigenvalue weighted by molar-refractivity contribution is -0.197. The predicted octanol–water partition coefficient (Wildman–Crippen LogP) is 2.81. The Morgan fingerprint density at radius 3 is 2.27 bits per heavy atom. The molecule has 2 rings (SSSR count). The Bertz CT molecular complexity index is 674. The number of carbonyl (C=O) groups is 3. The molecule has 0 bridgehead atoms. The van der Waals surface area contributed by atoms with E-state index in [1.165, 1.54) is 24.3 Å². The molecule has 2 atom stereocenters. The van der Waals surface area contributed by atoms with Crippen LogP contribution in [0, 0.1) is 11.8 Å². The third-order valence-electron chi connectivity index (χ3n) is 4.34. The minimum absolute atomic E-state index is 0.0513. The summed E-state index contributed by atoms with van der Waals surface area (Å²) in [4.78, 5) is 34.4. The number of alkyl halides is 3. The first kappa shape index (κ1) is 19.7. The quantitative estimate of drug-likeness (QED) is 0.741. The summed E-state index contributed by atoms with van der Waals surface area (Å²) < 4.78 is 39.3. The van der Waals surface area contributed by atoms with Gasteiger partial charge in [-0.3, -0.25) is 14.4 Å². The minimum Gasteiger partial charge on any atom is -0.480 e. The Morgan fingerprint density at radius 1 is 1.08 bits per heavy atom. The number of carboxylic acids is 1. The summed E-state index contributed by atoms with van der Waals surface area (Å²) in [7, 11) is 0. The van der Waals surface area contributed by atoms with Crippen molar-refractivity contribution in [2.45, 2.75) is 31.9 Å². The third-order valence-corrected chi connectivity index (χ3v) is 4.34. The summed E-state index contributed by atoms with van der Waals surface area (Å²) >= 11 is 0. The number of anilines is 1. The molecule has 0 aliphatic heterocycles. The second kappa shape index (κ2) is 8.20. The van der Waals surface area contributed by atoms with E-state index in [0.717, 1.165) is 0 Å². The monoisotopic (exact) mass is 372 g/mol. The van der Waals surface area contributed by atoms with E-state index in [2.05, 4.69) is 10.6 Å². The van der Waals surface area contributed by atoms with Crippen molar-refractivity contribution in [3.63, 3.8) is 0 Å². The van der Waals surface area contributed by atoms with Gasteiger partial charge in [0.05, 0.1) is 5.92 Å². The Morgan fingerprint density at radius 2 is 1.69 bits per heavy atom. The first-order valence-corrected chi connectivity index (χ1v) is 8.16. The van der Waals surface area contributed by atoms with E-state index < -0.39 is 42.3 Å². The number of halogens is 3. The zero-order valence-corrected chi connectivity index (χ0v) is 13.8. The van der Waals surface area contributed by atoms with Gasteiger partial charge in [-0.1, -0.05) is 12.8 Å². The molecule has 3 N–H and O–H groups in total. The van der Waals surface area contributed by atoms with Crippen molar-refractivity contribution in [1.82, 2.24) is 5.32 Å². The number of nitrogens with one attached hydrogen (secondary N) is 2. The van der Waals surface area contributed by atoms with Gasteiger partial charge in [-0.25, -0.2) is 0 Å². The summed E-state index contributed by atoms with van der Waals surface area (Å²) in [5, 5.41) is 13.2. The maximum atomic E-state index is 13.1. The molecule has 1 saturated carbocycles. The van der Waals surface area contributed by atoms with E-state index in [1.807, 2.05) is 0 Å². The van der Waals surface area contributed by atoms with Gasteiger partial charge in [-0.15, -0.1) is 0 Å². The van der Waals surface area contributed by atoms with Crippen LogP contribution >= 0.6 is 0 Å². The van der Waals surface area contributed by atoms with E-state index in [-0.39, 0.29) is 24.1 Å². The van der Waals surface area contributed by atoms with E-state index in [9.17, 15) is 27.6 Å². The van der Waals surface area contributed by atoms with Crippen LogP contribution in [0.15, 0.2) is 24.3 Å². The van der Waals surface area contributed by atoms with Gasteiger partial charge in [0, 0.05) is 17.2 Å².